The van der Waals surface area contributed by atoms with Crippen LogP contribution >= 0.6 is 0 Å². The molecule has 1 amide bonds. The van der Waals surface area contributed by atoms with Crippen molar-refractivity contribution >= 4 is 17.6 Å². The summed E-state index contributed by atoms with van der Waals surface area (Å²) in [6.07, 6.45) is 0.421. The molecule has 1 aliphatic rings. The second kappa shape index (κ2) is 9.96. The van der Waals surface area contributed by atoms with E-state index in [2.05, 4.69) is 27.0 Å². The second-order valence-corrected chi connectivity index (χ2v) is 7.38. The molecule has 1 aliphatic heterocycles. The summed E-state index contributed by atoms with van der Waals surface area (Å²) in [7, 11) is 0. The zero-order valence-electron chi connectivity index (χ0n) is 17.4. The molecule has 2 aromatic rings. The van der Waals surface area contributed by atoms with E-state index in [0.29, 0.717) is 19.5 Å². The van der Waals surface area contributed by atoms with E-state index in [1.807, 2.05) is 63.2 Å². The second-order valence-electron chi connectivity index (χ2n) is 7.38. The molecule has 0 saturated carbocycles. The minimum Gasteiger partial charge on any atom is -0.489 e. The van der Waals surface area contributed by atoms with Crippen LogP contribution in [0.5, 0.6) is 5.75 Å². The highest BCUT2D eigenvalue weighted by Gasteiger charge is 2.24. The predicted octanol–water partition coefficient (Wildman–Crippen LogP) is 3.44. The average Bonchev–Trinajstić information content (AvgIpc) is 2.69. The maximum atomic E-state index is 12.0. The lowest BCUT2D eigenvalue weighted by Crippen LogP contribution is -2.41. The largest absolute Gasteiger partial charge is 0.489 e. The van der Waals surface area contributed by atoms with Crippen LogP contribution in [0.25, 0.3) is 0 Å². The minimum atomic E-state index is -0.0477. The van der Waals surface area contributed by atoms with Gasteiger partial charge in [0, 0.05) is 31.1 Å². The molecule has 2 atom stereocenters. The third-order valence-corrected chi connectivity index (χ3v) is 4.80. The van der Waals surface area contributed by atoms with Crippen LogP contribution in [0.3, 0.4) is 0 Å². The number of rotatable bonds is 7. The Hall–Kier alpha value is -3.02. The molecule has 0 bridgehead atoms. The molecule has 0 aliphatic carbocycles. The molecule has 2 aromatic carbocycles. The van der Waals surface area contributed by atoms with Crippen LogP contribution in [0.2, 0.25) is 0 Å². The fourth-order valence-corrected chi connectivity index (χ4v) is 3.42. The summed E-state index contributed by atoms with van der Waals surface area (Å²) in [5.41, 5.74) is 3.23. The summed E-state index contributed by atoms with van der Waals surface area (Å²) in [5.74, 6) is 1.76. The van der Waals surface area contributed by atoms with Gasteiger partial charge in [-0.2, -0.15) is 0 Å². The van der Waals surface area contributed by atoms with E-state index in [-0.39, 0.29) is 17.9 Å². The third-order valence-electron chi connectivity index (χ3n) is 4.80. The molecule has 3 N–H and O–H groups in total. The molecule has 0 fully saturated rings. The number of nitrogens with zero attached hydrogens (tertiary/aromatic N) is 1. The van der Waals surface area contributed by atoms with Crippen molar-refractivity contribution in [3.8, 4) is 5.75 Å². The van der Waals surface area contributed by atoms with Crippen LogP contribution in [0.1, 0.15) is 37.3 Å². The van der Waals surface area contributed by atoms with Crippen LogP contribution in [0.15, 0.2) is 53.5 Å². The van der Waals surface area contributed by atoms with Crippen LogP contribution < -0.4 is 20.7 Å². The molecule has 29 heavy (non-hydrogen) atoms. The first-order valence-electron chi connectivity index (χ1n) is 10.2. The highest BCUT2D eigenvalue weighted by atomic mass is 16.5. The summed E-state index contributed by atoms with van der Waals surface area (Å²) >= 11 is 0. The standard InChI is InChI=1S/C23H30N4O2/c1-4-24-23(25-14-17(3)29-19-9-7-8-16(2)12-19)26-15-18-13-22(28)27-21-11-6-5-10-20(18)21/h5-12,17-18H,4,13-15H2,1-3H3,(H,27,28)(H2,24,25,26). The van der Waals surface area contributed by atoms with Crippen molar-refractivity contribution in [1.29, 1.82) is 0 Å². The van der Waals surface area contributed by atoms with Crippen molar-refractivity contribution in [2.24, 2.45) is 4.99 Å². The van der Waals surface area contributed by atoms with Crippen molar-refractivity contribution in [3.05, 3.63) is 59.7 Å². The van der Waals surface area contributed by atoms with E-state index in [4.69, 9.17) is 4.74 Å². The van der Waals surface area contributed by atoms with Gasteiger partial charge in [0.05, 0.1) is 6.54 Å². The number of guanidine groups is 1. The van der Waals surface area contributed by atoms with Gasteiger partial charge >= 0.3 is 0 Å². The zero-order valence-corrected chi connectivity index (χ0v) is 17.4. The van der Waals surface area contributed by atoms with Gasteiger partial charge in [-0.1, -0.05) is 30.3 Å². The Morgan fingerprint density at radius 3 is 2.86 bits per heavy atom. The lowest BCUT2D eigenvalue weighted by molar-refractivity contribution is -0.116. The fraction of sp³-hybridized carbons (Fsp3) is 0.391. The summed E-state index contributed by atoms with van der Waals surface area (Å²) in [6, 6.07) is 16.0. The number of aliphatic imine (C=N–C) groups is 1. The maximum Gasteiger partial charge on any atom is 0.225 e. The normalized spacial score (nSPS) is 17.1. The summed E-state index contributed by atoms with van der Waals surface area (Å²) in [6.45, 7) is 8.03. The number of ether oxygens (including phenoxy) is 1. The van der Waals surface area contributed by atoms with Crippen LogP contribution in [-0.2, 0) is 4.79 Å². The number of benzene rings is 2. The first kappa shape index (κ1) is 20.7. The topological polar surface area (TPSA) is 74.8 Å². The Kier molecular flexibility index (Phi) is 7.11. The number of nitrogens with one attached hydrogen (secondary N) is 3. The van der Waals surface area contributed by atoms with Crippen LogP contribution in [0, 0.1) is 6.92 Å². The number of hydrogen-bond donors (Lipinski definition) is 3. The molecule has 154 valence electrons. The van der Waals surface area contributed by atoms with Gasteiger partial charge in [-0.25, -0.2) is 4.99 Å². The van der Waals surface area contributed by atoms with E-state index >= 15 is 0 Å². The van der Waals surface area contributed by atoms with Gasteiger partial charge in [0.15, 0.2) is 5.96 Å². The van der Waals surface area contributed by atoms with E-state index in [0.717, 1.165) is 29.5 Å². The smallest absolute Gasteiger partial charge is 0.225 e. The first-order valence-corrected chi connectivity index (χ1v) is 10.2. The molecule has 0 radical (unpaired) electrons. The Balaban J connectivity index is 1.59. The number of para-hydroxylation sites is 1. The molecular weight excluding hydrogens is 364 g/mol. The Labute approximate surface area is 172 Å². The maximum absolute atomic E-state index is 12.0. The number of carbonyl (C=O) groups is 1. The summed E-state index contributed by atoms with van der Waals surface area (Å²) < 4.78 is 5.96. The average molecular weight is 395 g/mol. The van der Waals surface area contributed by atoms with E-state index in [9.17, 15) is 4.79 Å². The quantitative estimate of drug-likeness (QED) is 0.497. The Bertz CT molecular complexity index is 865. The molecule has 3 rings (SSSR count). The van der Waals surface area contributed by atoms with Crippen LogP contribution in [0.4, 0.5) is 5.69 Å². The summed E-state index contributed by atoms with van der Waals surface area (Å²) in [4.78, 5) is 16.7. The van der Waals surface area contributed by atoms with Crippen molar-refractivity contribution in [2.45, 2.75) is 39.2 Å². The molecule has 6 nitrogen and oxygen atoms in total. The van der Waals surface area contributed by atoms with E-state index in [1.54, 1.807) is 0 Å². The number of hydrogen-bond acceptors (Lipinski definition) is 3. The minimum absolute atomic E-state index is 0.0477. The van der Waals surface area contributed by atoms with Crippen molar-refractivity contribution in [1.82, 2.24) is 10.6 Å². The molecule has 0 saturated heterocycles. The molecule has 6 heteroatoms. The number of anilines is 1. The SMILES string of the molecule is CCNC(=NCC(C)Oc1cccc(C)c1)NCC1CC(=O)Nc2ccccc21. The monoisotopic (exact) mass is 394 g/mol. The number of carbonyl (C=O) groups excluding carboxylic acids is 1. The highest BCUT2D eigenvalue weighted by Crippen LogP contribution is 2.31. The number of fused-ring (bicyclic) bond motifs is 1. The predicted molar refractivity (Wildman–Crippen MR) is 118 cm³/mol. The van der Waals surface area contributed by atoms with Gasteiger partial charge in [0.2, 0.25) is 5.91 Å². The lowest BCUT2D eigenvalue weighted by Gasteiger charge is -2.26. The molecule has 1 heterocycles. The van der Waals surface area contributed by atoms with Gasteiger partial charge in [0.25, 0.3) is 0 Å². The lowest BCUT2D eigenvalue weighted by atomic mass is 9.90. The fourth-order valence-electron chi connectivity index (χ4n) is 3.42. The molecular formula is C23H30N4O2. The van der Waals surface area contributed by atoms with Gasteiger partial charge < -0.3 is 20.7 Å². The zero-order chi connectivity index (χ0) is 20.6. The van der Waals surface area contributed by atoms with Crippen molar-refractivity contribution in [2.75, 3.05) is 25.0 Å². The van der Waals surface area contributed by atoms with Crippen LogP contribution in [-0.4, -0.2) is 37.6 Å². The van der Waals surface area contributed by atoms with Gasteiger partial charge in [-0.15, -0.1) is 0 Å². The van der Waals surface area contributed by atoms with Crippen molar-refractivity contribution < 1.29 is 9.53 Å². The highest BCUT2D eigenvalue weighted by molar-refractivity contribution is 5.94. The first-order chi connectivity index (χ1) is 14.0. The van der Waals surface area contributed by atoms with Gasteiger partial charge in [-0.05, 0) is 50.1 Å². The van der Waals surface area contributed by atoms with E-state index in [1.165, 1.54) is 5.56 Å². The number of aryl methyl sites for hydroxylation is 1. The van der Waals surface area contributed by atoms with Gasteiger partial charge in [-0.3, -0.25) is 4.79 Å². The third kappa shape index (κ3) is 5.98. The van der Waals surface area contributed by atoms with Gasteiger partial charge in [0.1, 0.15) is 11.9 Å². The molecule has 0 aromatic heterocycles. The molecule has 0 spiro atoms. The van der Waals surface area contributed by atoms with E-state index < -0.39 is 0 Å². The molecule has 2 unspecified atom stereocenters. The summed E-state index contributed by atoms with van der Waals surface area (Å²) in [5, 5.41) is 9.59. The number of amides is 1. The van der Waals surface area contributed by atoms with Crippen molar-refractivity contribution in [3.63, 3.8) is 0 Å². The Morgan fingerprint density at radius 2 is 2.07 bits per heavy atom. The Morgan fingerprint density at radius 1 is 1.24 bits per heavy atom.